The third-order valence-electron chi connectivity index (χ3n) is 5.68. The van der Waals surface area contributed by atoms with Crippen molar-refractivity contribution in [2.45, 2.75) is 26.7 Å². The summed E-state index contributed by atoms with van der Waals surface area (Å²) in [5, 5.41) is 0. The number of carbonyl (C=O) groups is 1. The van der Waals surface area contributed by atoms with Gasteiger partial charge in [0, 0.05) is 53.0 Å². The van der Waals surface area contributed by atoms with Crippen molar-refractivity contribution in [3.8, 4) is 11.4 Å². The molecule has 0 N–H and O–H groups in total. The number of anilines is 1. The lowest BCUT2D eigenvalue weighted by Crippen LogP contribution is -2.49. The van der Waals surface area contributed by atoms with Crippen LogP contribution in [0.4, 0.5) is 5.82 Å². The van der Waals surface area contributed by atoms with E-state index in [1.165, 1.54) is 5.56 Å². The summed E-state index contributed by atoms with van der Waals surface area (Å²) in [5.74, 6) is 2.16. The zero-order valence-electron chi connectivity index (χ0n) is 18.2. The quantitative estimate of drug-likeness (QED) is 0.510. The van der Waals surface area contributed by atoms with Gasteiger partial charge in [-0.2, -0.15) is 0 Å². The molecule has 0 aliphatic carbocycles. The summed E-state index contributed by atoms with van der Waals surface area (Å²) >= 11 is 3.43. The van der Waals surface area contributed by atoms with E-state index in [0.29, 0.717) is 19.0 Å². The van der Waals surface area contributed by atoms with Crippen molar-refractivity contribution in [1.29, 1.82) is 0 Å². The van der Waals surface area contributed by atoms with E-state index < -0.39 is 0 Å². The topological polar surface area (TPSA) is 49.3 Å². The van der Waals surface area contributed by atoms with Crippen LogP contribution in [0.15, 0.2) is 59.1 Å². The second-order valence-corrected chi connectivity index (χ2v) is 9.09. The Morgan fingerprint density at radius 3 is 2.19 bits per heavy atom. The summed E-state index contributed by atoms with van der Waals surface area (Å²) in [6, 6.07) is 17.7. The number of benzene rings is 2. The van der Waals surface area contributed by atoms with Gasteiger partial charge in [-0.25, -0.2) is 9.97 Å². The van der Waals surface area contributed by atoms with Gasteiger partial charge in [0.25, 0.3) is 5.91 Å². The smallest absolute Gasteiger partial charge is 0.253 e. The fourth-order valence-electron chi connectivity index (χ4n) is 4.10. The first-order chi connectivity index (χ1) is 14.9. The second kappa shape index (κ2) is 9.18. The molecule has 0 atom stereocenters. The molecular formula is C25H27BrN4O. The van der Waals surface area contributed by atoms with Crippen LogP contribution in [0.3, 0.4) is 0 Å². The van der Waals surface area contributed by atoms with Crippen molar-refractivity contribution in [2.75, 3.05) is 31.1 Å². The molecule has 1 aliphatic rings. The van der Waals surface area contributed by atoms with Gasteiger partial charge in [-0.1, -0.05) is 60.1 Å². The van der Waals surface area contributed by atoms with Gasteiger partial charge >= 0.3 is 0 Å². The Kier molecular flexibility index (Phi) is 6.37. The third kappa shape index (κ3) is 4.64. The standard InChI is InChI=1S/C25H27BrN4O/c1-17(2)22-18(3)27-23(19-7-5-4-6-8-19)28-24(22)29-13-15-30(16-14-29)25(31)20-9-11-21(26)12-10-20/h4-12,17H,13-16H2,1-3H3. The summed E-state index contributed by atoms with van der Waals surface area (Å²) in [6.45, 7) is 9.31. The molecule has 0 bridgehead atoms. The van der Waals surface area contributed by atoms with Crippen molar-refractivity contribution in [3.05, 3.63) is 75.9 Å². The van der Waals surface area contributed by atoms with Crippen LogP contribution in [0.25, 0.3) is 11.4 Å². The number of nitrogens with zero attached hydrogens (tertiary/aromatic N) is 4. The maximum atomic E-state index is 12.9. The first kappa shape index (κ1) is 21.5. The van der Waals surface area contributed by atoms with Crippen LogP contribution in [0, 0.1) is 6.92 Å². The number of amides is 1. The molecule has 1 amide bonds. The Bertz CT molecular complexity index is 1060. The van der Waals surface area contributed by atoms with Gasteiger partial charge in [0.2, 0.25) is 0 Å². The van der Waals surface area contributed by atoms with Crippen molar-refractivity contribution in [2.24, 2.45) is 0 Å². The first-order valence-corrected chi connectivity index (χ1v) is 11.5. The van der Waals surface area contributed by atoms with E-state index in [9.17, 15) is 4.79 Å². The molecule has 0 radical (unpaired) electrons. The Morgan fingerprint density at radius 2 is 1.58 bits per heavy atom. The predicted octanol–water partition coefficient (Wildman–Crippen LogP) is 5.30. The zero-order valence-corrected chi connectivity index (χ0v) is 19.8. The molecule has 4 rings (SSSR count). The number of piperazine rings is 1. The molecule has 1 fully saturated rings. The Morgan fingerprint density at radius 1 is 0.935 bits per heavy atom. The predicted molar refractivity (Wildman–Crippen MR) is 129 cm³/mol. The highest BCUT2D eigenvalue weighted by Crippen LogP contribution is 2.31. The number of hydrogen-bond acceptors (Lipinski definition) is 4. The largest absolute Gasteiger partial charge is 0.353 e. The summed E-state index contributed by atoms with van der Waals surface area (Å²) in [7, 11) is 0. The summed E-state index contributed by atoms with van der Waals surface area (Å²) < 4.78 is 0.975. The molecule has 2 aromatic carbocycles. The molecule has 2 heterocycles. The van der Waals surface area contributed by atoms with Crippen LogP contribution >= 0.6 is 15.9 Å². The third-order valence-corrected chi connectivity index (χ3v) is 6.21. The van der Waals surface area contributed by atoms with Crippen molar-refractivity contribution < 1.29 is 4.79 Å². The minimum Gasteiger partial charge on any atom is -0.353 e. The van der Waals surface area contributed by atoms with Crippen LogP contribution < -0.4 is 4.90 Å². The number of halogens is 1. The molecule has 6 heteroatoms. The lowest BCUT2D eigenvalue weighted by atomic mass is 10.0. The molecule has 0 spiro atoms. The fourth-order valence-corrected chi connectivity index (χ4v) is 4.36. The van der Waals surface area contributed by atoms with Crippen molar-refractivity contribution in [3.63, 3.8) is 0 Å². The maximum absolute atomic E-state index is 12.9. The van der Waals surface area contributed by atoms with Crippen LogP contribution in [0.5, 0.6) is 0 Å². The molecule has 160 valence electrons. The Labute approximate surface area is 192 Å². The molecule has 1 aliphatic heterocycles. The first-order valence-electron chi connectivity index (χ1n) is 10.7. The normalized spacial score (nSPS) is 14.2. The average molecular weight is 479 g/mol. The highest BCUT2D eigenvalue weighted by Gasteiger charge is 2.26. The van der Waals surface area contributed by atoms with Crippen LogP contribution in [0.2, 0.25) is 0 Å². The van der Waals surface area contributed by atoms with Gasteiger partial charge in [0.05, 0.1) is 0 Å². The summed E-state index contributed by atoms with van der Waals surface area (Å²) in [5.41, 5.74) is 3.95. The molecule has 5 nitrogen and oxygen atoms in total. The van der Waals surface area contributed by atoms with Crippen LogP contribution in [-0.4, -0.2) is 47.0 Å². The van der Waals surface area contributed by atoms with E-state index >= 15 is 0 Å². The number of carbonyl (C=O) groups excluding carboxylic acids is 1. The molecule has 0 unspecified atom stereocenters. The van der Waals surface area contributed by atoms with E-state index in [4.69, 9.17) is 9.97 Å². The van der Waals surface area contributed by atoms with Gasteiger partial charge in [-0.15, -0.1) is 0 Å². The summed E-state index contributed by atoms with van der Waals surface area (Å²) in [4.78, 5) is 26.9. The maximum Gasteiger partial charge on any atom is 0.253 e. The van der Waals surface area contributed by atoms with Gasteiger partial charge in [0.1, 0.15) is 5.82 Å². The molecular weight excluding hydrogens is 452 g/mol. The van der Waals surface area contributed by atoms with E-state index in [2.05, 4.69) is 41.6 Å². The molecule has 31 heavy (non-hydrogen) atoms. The number of hydrogen-bond donors (Lipinski definition) is 0. The second-order valence-electron chi connectivity index (χ2n) is 8.18. The average Bonchev–Trinajstić information content (AvgIpc) is 2.79. The minimum absolute atomic E-state index is 0.0834. The van der Waals surface area contributed by atoms with E-state index in [0.717, 1.165) is 46.0 Å². The van der Waals surface area contributed by atoms with Gasteiger partial charge < -0.3 is 9.80 Å². The van der Waals surface area contributed by atoms with E-state index in [1.54, 1.807) is 0 Å². The summed E-state index contributed by atoms with van der Waals surface area (Å²) in [6.07, 6.45) is 0. The van der Waals surface area contributed by atoms with Crippen LogP contribution in [0.1, 0.15) is 41.4 Å². The zero-order chi connectivity index (χ0) is 22.0. The van der Waals surface area contributed by atoms with E-state index in [-0.39, 0.29) is 5.91 Å². The van der Waals surface area contributed by atoms with Crippen molar-refractivity contribution in [1.82, 2.24) is 14.9 Å². The van der Waals surface area contributed by atoms with Gasteiger partial charge in [-0.3, -0.25) is 4.79 Å². The number of rotatable bonds is 4. The monoisotopic (exact) mass is 478 g/mol. The number of aryl methyl sites for hydroxylation is 1. The number of aromatic nitrogens is 2. The van der Waals surface area contributed by atoms with Gasteiger partial charge in [0.15, 0.2) is 5.82 Å². The molecule has 1 saturated heterocycles. The fraction of sp³-hybridized carbons (Fsp3) is 0.320. The van der Waals surface area contributed by atoms with E-state index in [1.807, 2.05) is 59.5 Å². The minimum atomic E-state index is 0.0834. The highest BCUT2D eigenvalue weighted by molar-refractivity contribution is 9.10. The SMILES string of the molecule is Cc1nc(-c2ccccc2)nc(N2CCN(C(=O)c3ccc(Br)cc3)CC2)c1C(C)C. The van der Waals surface area contributed by atoms with Gasteiger partial charge in [-0.05, 0) is 37.1 Å². The lowest BCUT2D eigenvalue weighted by molar-refractivity contribution is 0.0746. The molecule has 1 aromatic heterocycles. The Hall–Kier alpha value is -2.73. The van der Waals surface area contributed by atoms with Crippen molar-refractivity contribution >= 4 is 27.7 Å². The lowest BCUT2D eigenvalue weighted by Gasteiger charge is -2.37. The molecule has 3 aromatic rings. The highest BCUT2D eigenvalue weighted by atomic mass is 79.9. The Balaban J connectivity index is 1.58. The van der Waals surface area contributed by atoms with Crippen LogP contribution in [-0.2, 0) is 0 Å². The molecule has 0 saturated carbocycles.